The minimum atomic E-state index is -4.40. The Kier molecular flexibility index (Phi) is 43.0. The lowest BCUT2D eigenvalue weighted by atomic mass is 10.0. The molecule has 9 nitrogen and oxygen atoms in total. The number of carbonyl (C=O) groups excluding carboxylic acids is 2. The van der Waals surface area contributed by atoms with Crippen molar-refractivity contribution in [1.82, 2.24) is 0 Å². The molecule has 0 amide bonds. The Morgan fingerprint density at radius 3 is 1.36 bits per heavy atom. The largest absolute Gasteiger partial charge is 0.472 e. The Hall–Kier alpha value is -2.55. The summed E-state index contributed by atoms with van der Waals surface area (Å²) in [5.41, 5.74) is 5.35. The molecule has 0 bridgehead atoms. The molecule has 0 aromatic rings. The summed E-state index contributed by atoms with van der Waals surface area (Å²) in [5.74, 6) is -0.925. The van der Waals surface area contributed by atoms with E-state index in [9.17, 15) is 19.0 Å². The quantitative estimate of drug-likeness (QED) is 0.0266. The van der Waals surface area contributed by atoms with E-state index in [1.807, 2.05) is 12.2 Å². The van der Waals surface area contributed by atoms with Gasteiger partial charge in [0.2, 0.25) is 0 Å². The topological polar surface area (TPSA) is 134 Å². The number of unbranched alkanes of at least 4 members (excludes halogenated alkanes) is 18. The van der Waals surface area contributed by atoms with Crippen molar-refractivity contribution in [2.45, 2.75) is 200 Å². The summed E-state index contributed by atoms with van der Waals surface area (Å²) in [7, 11) is -4.40. The molecule has 1 unspecified atom stereocenters. The second-order valence-corrected chi connectivity index (χ2v) is 16.7. The average Bonchev–Trinajstić information content (AvgIpc) is 3.22. The van der Waals surface area contributed by atoms with E-state index in [0.29, 0.717) is 12.8 Å². The Morgan fingerprint density at radius 2 is 0.932 bits per heavy atom. The number of phosphoric ester groups is 1. The summed E-state index contributed by atoms with van der Waals surface area (Å²) in [5, 5.41) is 0. The van der Waals surface area contributed by atoms with Crippen molar-refractivity contribution >= 4 is 19.8 Å². The molecule has 0 saturated carbocycles. The van der Waals surface area contributed by atoms with Crippen LogP contribution in [0.1, 0.15) is 194 Å². The van der Waals surface area contributed by atoms with Crippen LogP contribution >= 0.6 is 7.82 Å². The zero-order valence-corrected chi connectivity index (χ0v) is 38.4. The molecule has 0 aromatic carbocycles. The second-order valence-electron chi connectivity index (χ2n) is 15.2. The third-order valence-electron chi connectivity index (χ3n) is 9.62. The summed E-state index contributed by atoms with van der Waals surface area (Å²) in [6.07, 6.45) is 55.2. The number of phosphoric acid groups is 1. The van der Waals surface area contributed by atoms with Crippen LogP contribution in [-0.4, -0.2) is 49.3 Å². The van der Waals surface area contributed by atoms with Crippen LogP contribution in [0.4, 0.5) is 0 Å². The van der Waals surface area contributed by atoms with E-state index < -0.39 is 32.5 Å². The van der Waals surface area contributed by atoms with Crippen LogP contribution in [-0.2, 0) is 32.7 Å². The SMILES string of the molecule is CCC=CCC=CCC=CCC=CCC=CCC=CCCC(=O)OC[C@H](COP(=O)(O)OCCN)OC(=O)CCCCCCCCCCCCCCCCCCCCC. The molecule has 0 aliphatic heterocycles. The average molecular weight is 848 g/mol. The summed E-state index contributed by atoms with van der Waals surface area (Å²) in [4.78, 5) is 34.9. The fourth-order valence-corrected chi connectivity index (χ4v) is 6.96. The van der Waals surface area contributed by atoms with E-state index >= 15 is 0 Å². The third kappa shape index (κ3) is 44.8. The van der Waals surface area contributed by atoms with Crippen LogP contribution < -0.4 is 5.73 Å². The molecule has 0 spiro atoms. The van der Waals surface area contributed by atoms with Gasteiger partial charge in [0.25, 0.3) is 0 Å². The van der Waals surface area contributed by atoms with Gasteiger partial charge in [-0.15, -0.1) is 0 Å². The predicted octanol–water partition coefficient (Wildman–Crippen LogP) is 13.8. The number of carbonyl (C=O) groups is 2. The predicted molar refractivity (Wildman–Crippen MR) is 247 cm³/mol. The molecular weight excluding hydrogens is 762 g/mol. The van der Waals surface area contributed by atoms with Gasteiger partial charge in [0, 0.05) is 19.4 Å². The van der Waals surface area contributed by atoms with Gasteiger partial charge in [0.1, 0.15) is 6.61 Å². The molecule has 0 aromatic heterocycles. The van der Waals surface area contributed by atoms with Gasteiger partial charge >= 0.3 is 19.8 Å². The highest BCUT2D eigenvalue weighted by molar-refractivity contribution is 7.47. The number of esters is 2. The fraction of sp³-hybridized carbons (Fsp3) is 0.714. The molecule has 3 N–H and O–H groups in total. The zero-order valence-electron chi connectivity index (χ0n) is 37.5. The maximum atomic E-state index is 12.6. The highest BCUT2D eigenvalue weighted by Gasteiger charge is 2.25. The number of hydrogen-bond acceptors (Lipinski definition) is 8. The molecular formula is C49H86NO8P. The van der Waals surface area contributed by atoms with Crippen LogP contribution in [0, 0.1) is 0 Å². The first-order chi connectivity index (χ1) is 28.8. The summed E-state index contributed by atoms with van der Waals surface area (Å²) < 4.78 is 32.8. The normalized spacial score (nSPS) is 13.9. The minimum Gasteiger partial charge on any atom is -0.462 e. The maximum absolute atomic E-state index is 12.6. The van der Waals surface area contributed by atoms with Crippen molar-refractivity contribution in [3.63, 3.8) is 0 Å². The first kappa shape index (κ1) is 56.5. The van der Waals surface area contributed by atoms with Gasteiger partial charge in [-0.1, -0.05) is 202 Å². The summed E-state index contributed by atoms with van der Waals surface area (Å²) >= 11 is 0. The molecule has 0 saturated heterocycles. The summed E-state index contributed by atoms with van der Waals surface area (Å²) in [6.45, 7) is 3.55. The van der Waals surface area contributed by atoms with E-state index in [1.54, 1.807) is 0 Å². The van der Waals surface area contributed by atoms with Gasteiger partial charge in [-0.05, 0) is 51.4 Å². The van der Waals surface area contributed by atoms with Crippen molar-refractivity contribution in [3.8, 4) is 0 Å². The fourth-order valence-electron chi connectivity index (χ4n) is 6.19. The molecule has 0 heterocycles. The first-order valence-electron chi connectivity index (χ1n) is 23.4. The third-order valence-corrected chi connectivity index (χ3v) is 10.6. The lowest BCUT2D eigenvalue weighted by molar-refractivity contribution is -0.161. The van der Waals surface area contributed by atoms with Crippen LogP contribution in [0.3, 0.4) is 0 Å². The van der Waals surface area contributed by atoms with Crippen molar-refractivity contribution < 1.29 is 37.6 Å². The van der Waals surface area contributed by atoms with Crippen molar-refractivity contribution in [1.29, 1.82) is 0 Å². The van der Waals surface area contributed by atoms with E-state index in [1.165, 1.54) is 96.3 Å². The molecule has 0 fully saturated rings. The van der Waals surface area contributed by atoms with Crippen molar-refractivity contribution in [2.24, 2.45) is 5.73 Å². The molecule has 0 radical (unpaired) electrons. The van der Waals surface area contributed by atoms with Crippen LogP contribution in [0.25, 0.3) is 0 Å². The second kappa shape index (κ2) is 45.0. The molecule has 340 valence electrons. The monoisotopic (exact) mass is 848 g/mol. The zero-order chi connectivity index (χ0) is 43.2. The first-order valence-corrected chi connectivity index (χ1v) is 24.9. The van der Waals surface area contributed by atoms with Crippen LogP contribution in [0.2, 0.25) is 0 Å². The molecule has 0 rings (SSSR count). The van der Waals surface area contributed by atoms with Crippen molar-refractivity contribution in [3.05, 3.63) is 72.9 Å². The highest BCUT2D eigenvalue weighted by Crippen LogP contribution is 2.43. The Balaban J connectivity index is 4.21. The van der Waals surface area contributed by atoms with Gasteiger partial charge in [-0.2, -0.15) is 0 Å². The van der Waals surface area contributed by atoms with E-state index in [4.69, 9.17) is 24.3 Å². The lowest BCUT2D eigenvalue weighted by Crippen LogP contribution is -2.29. The van der Waals surface area contributed by atoms with Gasteiger partial charge in [-0.25, -0.2) is 4.57 Å². The Bertz CT molecular complexity index is 1190. The number of hydrogen-bond donors (Lipinski definition) is 2. The number of ether oxygens (including phenoxy) is 2. The maximum Gasteiger partial charge on any atom is 0.472 e. The number of rotatable bonds is 43. The standard InChI is InChI=1S/C49H86NO8P/c1-3-5-7-9-11-13-15-17-19-21-23-25-27-29-31-33-35-37-39-41-48(51)55-45-47(46-57-59(53,54)56-44-43-50)58-49(52)42-40-38-36-34-32-30-28-26-24-22-20-18-16-14-12-10-8-6-4-2/h5,7,11,13,17,19,23,25,29,31,35,37,47H,3-4,6,8-10,12,14-16,18,20-22,24,26-28,30,32-34,36,38-46,50H2,1-2H3,(H,53,54)/t47-/m1/s1. The van der Waals surface area contributed by atoms with Crippen LogP contribution in [0.5, 0.6) is 0 Å². The molecule has 10 heteroatoms. The number of nitrogens with two attached hydrogens (primary N) is 1. The molecule has 59 heavy (non-hydrogen) atoms. The van der Waals surface area contributed by atoms with Gasteiger partial charge in [-0.3, -0.25) is 18.6 Å². The smallest absolute Gasteiger partial charge is 0.462 e. The van der Waals surface area contributed by atoms with Crippen molar-refractivity contribution in [2.75, 3.05) is 26.4 Å². The number of allylic oxidation sites excluding steroid dienone is 12. The Labute approximate surface area is 361 Å². The molecule has 0 aliphatic carbocycles. The van der Waals surface area contributed by atoms with Gasteiger partial charge in [0.15, 0.2) is 6.10 Å². The minimum absolute atomic E-state index is 0.0418. The summed E-state index contributed by atoms with van der Waals surface area (Å²) in [6, 6.07) is 0. The molecule has 0 aliphatic rings. The lowest BCUT2D eigenvalue weighted by Gasteiger charge is -2.19. The van der Waals surface area contributed by atoms with E-state index in [-0.39, 0.29) is 32.6 Å². The van der Waals surface area contributed by atoms with Crippen LogP contribution in [0.15, 0.2) is 72.9 Å². The molecule has 2 atom stereocenters. The van der Waals surface area contributed by atoms with Gasteiger partial charge in [0.05, 0.1) is 13.2 Å². The Morgan fingerprint density at radius 1 is 0.525 bits per heavy atom. The van der Waals surface area contributed by atoms with E-state index in [2.05, 4.69) is 74.6 Å². The van der Waals surface area contributed by atoms with Gasteiger partial charge < -0.3 is 20.1 Å². The van der Waals surface area contributed by atoms with E-state index in [0.717, 1.165) is 57.8 Å². The highest BCUT2D eigenvalue weighted by atomic mass is 31.2.